The minimum absolute atomic E-state index is 0.0471. The number of Topliss-reactive ketones (excluding diaryl/α,β-unsaturated/α-hetero) is 2. The lowest BCUT2D eigenvalue weighted by molar-refractivity contribution is -0.154. The maximum atomic E-state index is 14.6. The first-order valence-electron chi connectivity index (χ1n) is 12.6. The number of esters is 2. The zero-order valence-electron chi connectivity index (χ0n) is 21.7. The number of hydrogen-bond donors (Lipinski definition) is 2. The van der Waals surface area contributed by atoms with Gasteiger partial charge in [0.2, 0.25) is 0 Å². The van der Waals surface area contributed by atoms with E-state index in [1.165, 1.54) is 19.2 Å². The van der Waals surface area contributed by atoms with Gasteiger partial charge in [-0.15, -0.1) is 0 Å². The molecule has 1 fully saturated rings. The number of hydrogen-bond acceptors (Lipinski definition) is 11. The summed E-state index contributed by atoms with van der Waals surface area (Å²) >= 11 is 0. The lowest BCUT2D eigenvalue weighted by Gasteiger charge is -2.47. The van der Waals surface area contributed by atoms with Crippen LogP contribution in [0.2, 0.25) is 0 Å². The van der Waals surface area contributed by atoms with Crippen molar-refractivity contribution in [3.63, 3.8) is 0 Å². The van der Waals surface area contributed by atoms with Gasteiger partial charge in [-0.2, -0.15) is 0 Å². The molecule has 11 heteroatoms. The second-order valence-electron chi connectivity index (χ2n) is 10.9. The Labute approximate surface area is 225 Å². The molecule has 2 N–H and O–H groups in total. The summed E-state index contributed by atoms with van der Waals surface area (Å²) < 4.78 is 22.8. The van der Waals surface area contributed by atoms with E-state index in [1.807, 2.05) is 0 Å². The Morgan fingerprint density at radius 3 is 2.35 bits per heavy atom. The fraction of sp³-hybridized carbons (Fsp3) is 0.345. The van der Waals surface area contributed by atoms with E-state index < -0.39 is 76.2 Å². The van der Waals surface area contributed by atoms with E-state index in [0.717, 1.165) is 13.2 Å². The summed E-state index contributed by atoms with van der Waals surface area (Å²) in [5.41, 5.74) is -3.47. The molecule has 2 aromatic carbocycles. The van der Waals surface area contributed by atoms with Crippen LogP contribution in [0.1, 0.15) is 60.3 Å². The van der Waals surface area contributed by atoms with Crippen molar-refractivity contribution in [3.05, 3.63) is 67.8 Å². The van der Waals surface area contributed by atoms with E-state index in [4.69, 9.17) is 18.6 Å². The Kier molecular flexibility index (Phi) is 4.51. The Bertz CT molecular complexity index is 1850. The van der Waals surface area contributed by atoms with Gasteiger partial charge in [0.25, 0.3) is 0 Å². The van der Waals surface area contributed by atoms with Crippen molar-refractivity contribution in [2.75, 3.05) is 13.7 Å². The largest absolute Gasteiger partial charge is 0.507 e. The number of aryl methyl sites for hydroxylation is 2. The van der Waals surface area contributed by atoms with Crippen LogP contribution in [0.25, 0.3) is 10.8 Å². The van der Waals surface area contributed by atoms with Crippen LogP contribution in [0.3, 0.4) is 0 Å². The first-order valence-corrected chi connectivity index (χ1v) is 12.6. The number of phenolic OH excluding ortho intramolecular Hbond substituents is 2. The van der Waals surface area contributed by atoms with Gasteiger partial charge in [0.15, 0.2) is 11.6 Å². The Morgan fingerprint density at radius 1 is 0.975 bits per heavy atom. The highest BCUT2D eigenvalue weighted by atomic mass is 16.6. The van der Waals surface area contributed by atoms with Crippen LogP contribution in [0.5, 0.6) is 11.5 Å². The molecule has 204 valence electrons. The summed E-state index contributed by atoms with van der Waals surface area (Å²) in [6, 6.07) is 2.61. The highest BCUT2D eigenvalue weighted by molar-refractivity contribution is 6.19. The third-order valence-electron chi connectivity index (χ3n) is 9.17. The van der Waals surface area contributed by atoms with Gasteiger partial charge >= 0.3 is 17.6 Å². The predicted molar refractivity (Wildman–Crippen MR) is 134 cm³/mol. The molecule has 7 rings (SSSR count). The lowest BCUT2D eigenvalue weighted by atomic mass is 9.59. The van der Waals surface area contributed by atoms with E-state index in [1.54, 1.807) is 13.8 Å². The first kappa shape index (κ1) is 24.5. The van der Waals surface area contributed by atoms with Crippen LogP contribution in [0.4, 0.5) is 0 Å². The number of ether oxygens (including phenoxy) is 3. The number of benzene rings is 2. The van der Waals surface area contributed by atoms with Gasteiger partial charge in [0.1, 0.15) is 47.0 Å². The molecule has 1 aliphatic heterocycles. The molecule has 2 bridgehead atoms. The number of carbonyl (C=O) groups excluding carboxylic acids is 4. The molecule has 0 saturated heterocycles. The maximum absolute atomic E-state index is 14.6. The molecule has 40 heavy (non-hydrogen) atoms. The van der Waals surface area contributed by atoms with E-state index in [0.29, 0.717) is 11.1 Å². The molecular formula is C29H22O11. The number of methoxy groups -OCH3 is 1. The van der Waals surface area contributed by atoms with Crippen LogP contribution < -0.4 is 5.63 Å². The van der Waals surface area contributed by atoms with Gasteiger partial charge in [-0.05, 0) is 48.2 Å². The van der Waals surface area contributed by atoms with Crippen LogP contribution in [-0.4, -0.2) is 53.5 Å². The first-order chi connectivity index (χ1) is 18.9. The predicted octanol–water partition coefficient (Wildman–Crippen LogP) is 2.34. The van der Waals surface area contributed by atoms with E-state index >= 15 is 0 Å². The maximum Gasteiger partial charge on any atom is 0.347 e. The third kappa shape index (κ3) is 2.40. The van der Waals surface area contributed by atoms with Crippen molar-refractivity contribution >= 4 is 34.3 Å². The minimum atomic E-state index is -1.83. The van der Waals surface area contributed by atoms with E-state index in [-0.39, 0.29) is 38.6 Å². The van der Waals surface area contributed by atoms with Gasteiger partial charge in [0, 0.05) is 25.0 Å². The Morgan fingerprint density at radius 2 is 1.68 bits per heavy atom. The number of phenols is 2. The number of rotatable bonds is 2. The highest BCUT2D eigenvalue weighted by Gasteiger charge is 2.80. The Balaban J connectivity index is 1.73. The van der Waals surface area contributed by atoms with Crippen molar-refractivity contribution in [1.82, 2.24) is 0 Å². The number of carbonyl (C=O) groups is 4. The van der Waals surface area contributed by atoms with Crippen LogP contribution in [0.15, 0.2) is 27.6 Å². The summed E-state index contributed by atoms with van der Waals surface area (Å²) in [5, 5.41) is 21.5. The van der Waals surface area contributed by atoms with E-state index in [2.05, 4.69) is 0 Å². The van der Waals surface area contributed by atoms with Crippen molar-refractivity contribution in [2.24, 2.45) is 11.8 Å². The van der Waals surface area contributed by atoms with E-state index in [9.17, 15) is 34.2 Å². The highest BCUT2D eigenvalue weighted by Crippen LogP contribution is 2.70. The monoisotopic (exact) mass is 546 g/mol. The summed E-state index contributed by atoms with van der Waals surface area (Å²) in [6.45, 7) is 3.94. The molecule has 4 aliphatic rings. The number of aromatic hydroxyl groups is 2. The number of fused-ring (bicyclic) bond motifs is 4. The topological polar surface area (TPSA) is 167 Å². The minimum Gasteiger partial charge on any atom is -0.507 e. The van der Waals surface area contributed by atoms with Crippen molar-refractivity contribution in [3.8, 4) is 11.5 Å². The standard InChI is InChI=1S/C29H22O11/c1-9-5-14(32)18-20-15(9)23(34)21-25(40-11(3)30)28(20,8-39-27(18)36)24-22(33)12-7-38-26(35)17-13(31)6-10(2)19(16(12)17)29(21,24)37-4/h5-7,21,24-25,31-32H,8H2,1-4H3/t21-,24+,25-,28-,29+/m1/s1. The summed E-state index contributed by atoms with van der Waals surface area (Å²) in [5.74, 6) is -6.33. The second kappa shape index (κ2) is 7.36. The van der Waals surface area contributed by atoms with Crippen LogP contribution in [0, 0.1) is 25.7 Å². The zero-order chi connectivity index (χ0) is 28.6. The average molecular weight is 546 g/mol. The molecule has 2 heterocycles. The molecule has 3 aromatic rings. The van der Waals surface area contributed by atoms with Crippen molar-refractivity contribution < 1.29 is 48.0 Å². The van der Waals surface area contributed by atoms with Crippen LogP contribution >= 0.6 is 0 Å². The number of cyclic esters (lactones) is 1. The summed E-state index contributed by atoms with van der Waals surface area (Å²) in [7, 11) is 1.31. The quantitative estimate of drug-likeness (QED) is 0.453. The Hall–Kier alpha value is -4.51. The van der Waals surface area contributed by atoms with Crippen molar-refractivity contribution in [1.29, 1.82) is 0 Å². The van der Waals surface area contributed by atoms with Gasteiger partial charge in [-0.1, -0.05) is 0 Å². The molecule has 11 nitrogen and oxygen atoms in total. The zero-order valence-corrected chi connectivity index (χ0v) is 21.7. The summed E-state index contributed by atoms with van der Waals surface area (Å²) in [4.78, 5) is 67.6. The molecule has 1 aromatic heterocycles. The van der Waals surface area contributed by atoms with Gasteiger partial charge in [-0.3, -0.25) is 14.4 Å². The van der Waals surface area contributed by atoms with Crippen LogP contribution in [-0.2, 0) is 30.0 Å². The summed E-state index contributed by atoms with van der Waals surface area (Å²) in [6.07, 6.45) is -0.353. The molecule has 1 saturated carbocycles. The van der Waals surface area contributed by atoms with Gasteiger partial charge in [-0.25, -0.2) is 9.59 Å². The smallest absolute Gasteiger partial charge is 0.347 e. The average Bonchev–Trinajstić information content (AvgIpc) is 3.06. The SMILES string of the molecule is CO[C@]12c3c(C)cc(O)c4c(=O)occ(c34)C(=O)[C@H]1[C@@]13COC(=O)c4c(O)cc(C)c(c41)C(=O)[C@@H]2[C@H]3OC(C)=O. The fourth-order valence-electron chi connectivity index (χ4n) is 8.08. The molecule has 0 radical (unpaired) electrons. The molecule has 0 amide bonds. The molecule has 1 spiro atoms. The van der Waals surface area contributed by atoms with Gasteiger partial charge < -0.3 is 28.8 Å². The van der Waals surface area contributed by atoms with Crippen molar-refractivity contribution in [2.45, 2.75) is 37.9 Å². The fourth-order valence-corrected chi connectivity index (χ4v) is 8.08. The third-order valence-corrected chi connectivity index (χ3v) is 9.17. The van der Waals surface area contributed by atoms with Gasteiger partial charge in [0.05, 0.1) is 22.8 Å². The lowest BCUT2D eigenvalue weighted by Crippen LogP contribution is -2.57. The molecular weight excluding hydrogens is 524 g/mol. The number of ketones is 2. The molecule has 0 unspecified atom stereocenters. The second-order valence-corrected chi connectivity index (χ2v) is 10.9. The molecule has 5 atom stereocenters. The molecule has 3 aliphatic carbocycles. The normalized spacial score (nSPS) is 29.2.